The second-order valence-electron chi connectivity index (χ2n) is 5.21. The van der Waals surface area contributed by atoms with Crippen LogP contribution in [0.2, 0.25) is 0 Å². The van der Waals surface area contributed by atoms with Gasteiger partial charge in [-0.15, -0.1) is 0 Å². The molecule has 0 aliphatic heterocycles. The summed E-state index contributed by atoms with van der Waals surface area (Å²) in [5.74, 6) is 0.464. The SMILES string of the molecule is Cc1ccc(/C=N\NC(=O)COc2c(C)cccc2C)cc1. The monoisotopic (exact) mass is 296 g/mol. The summed E-state index contributed by atoms with van der Waals surface area (Å²) in [7, 11) is 0. The number of amides is 1. The van der Waals surface area contributed by atoms with E-state index in [0.29, 0.717) is 0 Å². The van der Waals surface area contributed by atoms with Crippen molar-refractivity contribution in [1.29, 1.82) is 0 Å². The Labute approximate surface area is 130 Å². The number of ether oxygens (including phenoxy) is 1. The number of nitrogens with one attached hydrogen (secondary N) is 1. The molecule has 0 saturated heterocycles. The number of carbonyl (C=O) groups excluding carboxylic acids is 1. The van der Waals surface area contributed by atoms with Gasteiger partial charge in [0.1, 0.15) is 5.75 Å². The maximum atomic E-state index is 11.7. The molecule has 4 heteroatoms. The molecule has 0 radical (unpaired) electrons. The van der Waals surface area contributed by atoms with Gasteiger partial charge in [-0.05, 0) is 37.5 Å². The molecule has 0 fully saturated rings. The van der Waals surface area contributed by atoms with E-state index >= 15 is 0 Å². The predicted octanol–water partition coefficient (Wildman–Crippen LogP) is 3.14. The highest BCUT2D eigenvalue weighted by atomic mass is 16.5. The number of hydrazone groups is 1. The van der Waals surface area contributed by atoms with E-state index in [-0.39, 0.29) is 12.5 Å². The Hall–Kier alpha value is -2.62. The lowest BCUT2D eigenvalue weighted by Gasteiger charge is -2.10. The quantitative estimate of drug-likeness (QED) is 0.680. The van der Waals surface area contributed by atoms with Gasteiger partial charge in [0.15, 0.2) is 6.61 Å². The third-order valence-corrected chi connectivity index (χ3v) is 3.24. The van der Waals surface area contributed by atoms with E-state index in [4.69, 9.17) is 4.74 Å². The fourth-order valence-corrected chi connectivity index (χ4v) is 2.03. The van der Waals surface area contributed by atoms with E-state index in [9.17, 15) is 4.79 Å². The third-order valence-electron chi connectivity index (χ3n) is 3.24. The Kier molecular flexibility index (Phi) is 5.31. The molecule has 114 valence electrons. The van der Waals surface area contributed by atoms with E-state index in [1.54, 1.807) is 6.21 Å². The summed E-state index contributed by atoms with van der Waals surface area (Å²) in [6, 6.07) is 13.7. The van der Waals surface area contributed by atoms with Gasteiger partial charge in [-0.2, -0.15) is 5.10 Å². The number of aryl methyl sites for hydroxylation is 3. The van der Waals surface area contributed by atoms with Crippen LogP contribution in [0, 0.1) is 20.8 Å². The fraction of sp³-hybridized carbons (Fsp3) is 0.222. The van der Waals surface area contributed by atoms with Crippen LogP contribution in [0.3, 0.4) is 0 Å². The Morgan fingerprint density at radius 2 is 1.73 bits per heavy atom. The number of hydrogen-bond donors (Lipinski definition) is 1. The van der Waals surface area contributed by atoms with E-state index in [2.05, 4.69) is 10.5 Å². The first-order chi connectivity index (χ1) is 10.6. The number of benzene rings is 2. The molecule has 1 amide bonds. The minimum Gasteiger partial charge on any atom is -0.483 e. The Bertz CT molecular complexity index is 656. The van der Waals surface area contributed by atoms with Crippen LogP contribution in [-0.4, -0.2) is 18.7 Å². The zero-order valence-electron chi connectivity index (χ0n) is 13.1. The van der Waals surface area contributed by atoms with Gasteiger partial charge in [0.25, 0.3) is 5.91 Å². The molecule has 0 atom stereocenters. The van der Waals surface area contributed by atoms with E-state index in [1.807, 2.05) is 63.2 Å². The van der Waals surface area contributed by atoms with Crippen LogP contribution in [-0.2, 0) is 4.79 Å². The molecule has 4 nitrogen and oxygen atoms in total. The number of carbonyl (C=O) groups is 1. The summed E-state index contributed by atoms with van der Waals surface area (Å²) in [4.78, 5) is 11.7. The summed E-state index contributed by atoms with van der Waals surface area (Å²) in [5.41, 5.74) is 6.60. The normalized spacial score (nSPS) is 10.7. The zero-order valence-corrected chi connectivity index (χ0v) is 13.1. The number of rotatable bonds is 5. The van der Waals surface area contributed by atoms with Crippen molar-refractivity contribution < 1.29 is 9.53 Å². The third kappa shape index (κ3) is 4.45. The first-order valence-corrected chi connectivity index (χ1v) is 7.14. The van der Waals surface area contributed by atoms with Gasteiger partial charge in [-0.3, -0.25) is 4.79 Å². The van der Waals surface area contributed by atoms with Gasteiger partial charge in [0.2, 0.25) is 0 Å². The van der Waals surface area contributed by atoms with Crippen molar-refractivity contribution in [3.63, 3.8) is 0 Å². The molecule has 0 bridgehead atoms. The van der Waals surface area contributed by atoms with Crippen molar-refractivity contribution in [3.8, 4) is 5.75 Å². The zero-order chi connectivity index (χ0) is 15.9. The highest BCUT2D eigenvalue weighted by Crippen LogP contribution is 2.21. The van der Waals surface area contributed by atoms with Crippen LogP contribution in [0.5, 0.6) is 5.75 Å². The molecule has 0 spiro atoms. The number of nitrogens with zero attached hydrogens (tertiary/aromatic N) is 1. The van der Waals surface area contributed by atoms with Gasteiger partial charge in [-0.1, -0.05) is 48.0 Å². The molecule has 2 aromatic rings. The average molecular weight is 296 g/mol. The van der Waals surface area contributed by atoms with Crippen LogP contribution in [0.15, 0.2) is 47.6 Å². The second-order valence-corrected chi connectivity index (χ2v) is 5.21. The van der Waals surface area contributed by atoms with Gasteiger partial charge in [-0.25, -0.2) is 5.43 Å². The van der Waals surface area contributed by atoms with Crippen molar-refractivity contribution >= 4 is 12.1 Å². The van der Waals surface area contributed by atoms with E-state index in [1.165, 1.54) is 5.56 Å². The fourth-order valence-electron chi connectivity index (χ4n) is 2.03. The molecule has 2 aromatic carbocycles. The first kappa shape index (κ1) is 15.8. The van der Waals surface area contributed by atoms with Gasteiger partial charge in [0.05, 0.1) is 6.21 Å². The molecule has 0 saturated carbocycles. The average Bonchev–Trinajstić information content (AvgIpc) is 2.49. The summed E-state index contributed by atoms with van der Waals surface area (Å²) in [5, 5.41) is 3.92. The molecule has 0 aliphatic carbocycles. The molecular formula is C18H20N2O2. The van der Waals surface area contributed by atoms with E-state index < -0.39 is 0 Å². The van der Waals surface area contributed by atoms with Crippen molar-refractivity contribution in [2.45, 2.75) is 20.8 Å². The molecule has 0 heterocycles. The maximum absolute atomic E-state index is 11.7. The standard InChI is InChI=1S/C18H20N2O2/c1-13-7-9-16(10-8-13)11-19-20-17(21)12-22-18-14(2)5-4-6-15(18)3/h4-11H,12H2,1-3H3,(H,20,21)/b19-11-. The van der Waals surface area contributed by atoms with Crippen LogP contribution >= 0.6 is 0 Å². The highest BCUT2D eigenvalue weighted by Gasteiger charge is 2.06. The summed E-state index contributed by atoms with van der Waals surface area (Å²) < 4.78 is 5.56. The minimum atomic E-state index is -0.286. The Balaban J connectivity index is 1.84. The Morgan fingerprint density at radius 3 is 2.36 bits per heavy atom. The largest absolute Gasteiger partial charge is 0.483 e. The van der Waals surface area contributed by atoms with Crippen LogP contribution in [0.1, 0.15) is 22.3 Å². The summed E-state index contributed by atoms with van der Waals surface area (Å²) >= 11 is 0. The van der Waals surface area contributed by atoms with Crippen LogP contribution in [0.4, 0.5) is 0 Å². The van der Waals surface area contributed by atoms with Gasteiger partial charge < -0.3 is 4.74 Å². The van der Waals surface area contributed by atoms with Crippen LogP contribution < -0.4 is 10.2 Å². The van der Waals surface area contributed by atoms with Crippen LogP contribution in [0.25, 0.3) is 0 Å². The molecule has 22 heavy (non-hydrogen) atoms. The predicted molar refractivity (Wildman–Crippen MR) is 88.3 cm³/mol. The number of para-hydroxylation sites is 1. The molecule has 0 aromatic heterocycles. The van der Waals surface area contributed by atoms with Crippen molar-refractivity contribution in [2.24, 2.45) is 5.10 Å². The Morgan fingerprint density at radius 1 is 1.09 bits per heavy atom. The topological polar surface area (TPSA) is 50.7 Å². The van der Waals surface area contributed by atoms with Crippen molar-refractivity contribution in [3.05, 3.63) is 64.7 Å². The van der Waals surface area contributed by atoms with Gasteiger partial charge >= 0.3 is 0 Å². The first-order valence-electron chi connectivity index (χ1n) is 7.14. The molecule has 0 unspecified atom stereocenters. The summed E-state index contributed by atoms with van der Waals surface area (Å²) in [6.45, 7) is 5.87. The van der Waals surface area contributed by atoms with E-state index in [0.717, 1.165) is 22.4 Å². The van der Waals surface area contributed by atoms with Crippen molar-refractivity contribution in [1.82, 2.24) is 5.43 Å². The molecule has 2 rings (SSSR count). The lowest BCUT2D eigenvalue weighted by Crippen LogP contribution is -2.25. The van der Waals surface area contributed by atoms with Crippen molar-refractivity contribution in [2.75, 3.05) is 6.61 Å². The smallest absolute Gasteiger partial charge is 0.277 e. The maximum Gasteiger partial charge on any atom is 0.277 e. The lowest BCUT2D eigenvalue weighted by molar-refractivity contribution is -0.123. The van der Waals surface area contributed by atoms with Gasteiger partial charge in [0, 0.05) is 0 Å². The second kappa shape index (κ2) is 7.41. The minimum absolute atomic E-state index is 0.0586. The summed E-state index contributed by atoms with van der Waals surface area (Å²) in [6.07, 6.45) is 1.61. The number of hydrogen-bond acceptors (Lipinski definition) is 3. The molecule has 0 aliphatic rings. The highest BCUT2D eigenvalue weighted by molar-refractivity contribution is 5.82. The lowest BCUT2D eigenvalue weighted by atomic mass is 10.1. The molecule has 1 N–H and O–H groups in total. The molecular weight excluding hydrogens is 276 g/mol.